The van der Waals surface area contributed by atoms with Crippen molar-refractivity contribution in [2.24, 2.45) is 5.41 Å². The van der Waals surface area contributed by atoms with Gasteiger partial charge >= 0.3 is 0 Å². The Morgan fingerprint density at radius 1 is 1.47 bits per heavy atom. The minimum Gasteiger partial charge on any atom is -0.385 e. The lowest BCUT2D eigenvalue weighted by molar-refractivity contribution is 0.175. The van der Waals surface area contributed by atoms with Crippen LogP contribution in [0.3, 0.4) is 0 Å². The van der Waals surface area contributed by atoms with Crippen molar-refractivity contribution in [2.45, 2.75) is 26.2 Å². The SMILES string of the molecule is COCCC1(CNc2nc3cc(C)ccn3n2)CC1. The van der Waals surface area contributed by atoms with Gasteiger partial charge < -0.3 is 10.1 Å². The van der Waals surface area contributed by atoms with Gasteiger partial charge in [-0.1, -0.05) is 0 Å². The number of anilines is 1. The molecule has 5 nitrogen and oxygen atoms in total. The molecular weight excluding hydrogens is 240 g/mol. The number of nitrogens with zero attached hydrogens (tertiary/aromatic N) is 3. The van der Waals surface area contributed by atoms with Gasteiger partial charge in [0.25, 0.3) is 0 Å². The van der Waals surface area contributed by atoms with Crippen LogP contribution in [0.25, 0.3) is 5.65 Å². The molecule has 2 heterocycles. The first-order valence-corrected chi connectivity index (χ1v) is 6.77. The van der Waals surface area contributed by atoms with Gasteiger partial charge in [-0.2, -0.15) is 4.98 Å². The maximum Gasteiger partial charge on any atom is 0.243 e. The van der Waals surface area contributed by atoms with E-state index in [1.807, 2.05) is 22.8 Å². The highest BCUT2D eigenvalue weighted by Crippen LogP contribution is 2.48. The lowest BCUT2D eigenvalue weighted by Crippen LogP contribution is -2.17. The molecule has 0 unspecified atom stereocenters. The third-order valence-corrected chi connectivity index (χ3v) is 3.91. The topological polar surface area (TPSA) is 51.5 Å². The molecule has 0 aromatic carbocycles. The van der Waals surface area contributed by atoms with Crippen LogP contribution >= 0.6 is 0 Å². The molecule has 102 valence electrons. The zero-order valence-corrected chi connectivity index (χ0v) is 11.5. The van der Waals surface area contributed by atoms with E-state index in [2.05, 4.69) is 22.3 Å². The molecule has 2 aromatic rings. The highest BCUT2D eigenvalue weighted by Gasteiger charge is 2.41. The molecule has 1 fully saturated rings. The molecule has 3 rings (SSSR count). The molecule has 0 saturated heterocycles. The van der Waals surface area contributed by atoms with Crippen molar-refractivity contribution >= 4 is 11.6 Å². The average Bonchev–Trinajstić information content (AvgIpc) is 3.06. The monoisotopic (exact) mass is 260 g/mol. The summed E-state index contributed by atoms with van der Waals surface area (Å²) in [5, 5.41) is 7.79. The zero-order chi connectivity index (χ0) is 13.3. The summed E-state index contributed by atoms with van der Waals surface area (Å²) in [7, 11) is 1.76. The second kappa shape index (κ2) is 4.81. The van der Waals surface area contributed by atoms with E-state index < -0.39 is 0 Å². The molecule has 1 aliphatic rings. The van der Waals surface area contributed by atoms with E-state index in [1.165, 1.54) is 18.4 Å². The summed E-state index contributed by atoms with van der Waals surface area (Å²) in [6.07, 6.45) is 5.61. The van der Waals surface area contributed by atoms with Crippen LogP contribution in [-0.2, 0) is 4.74 Å². The number of rotatable bonds is 6. The van der Waals surface area contributed by atoms with Gasteiger partial charge in [-0.15, -0.1) is 5.10 Å². The van der Waals surface area contributed by atoms with Gasteiger partial charge in [0.05, 0.1) is 0 Å². The van der Waals surface area contributed by atoms with E-state index in [1.54, 1.807) is 7.11 Å². The van der Waals surface area contributed by atoms with Crippen LogP contribution in [-0.4, -0.2) is 34.9 Å². The summed E-state index contributed by atoms with van der Waals surface area (Å²) in [6, 6.07) is 4.07. The summed E-state index contributed by atoms with van der Waals surface area (Å²) in [4.78, 5) is 4.49. The molecule has 5 heteroatoms. The maximum atomic E-state index is 5.17. The number of hydrogen-bond acceptors (Lipinski definition) is 4. The number of ether oxygens (including phenoxy) is 1. The first-order chi connectivity index (χ1) is 9.21. The maximum absolute atomic E-state index is 5.17. The van der Waals surface area contributed by atoms with Crippen LogP contribution in [0.5, 0.6) is 0 Å². The zero-order valence-electron chi connectivity index (χ0n) is 11.5. The number of aromatic nitrogens is 3. The molecule has 1 aliphatic carbocycles. The summed E-state index contributed by atoms with van der Waals surface area (Å²) in [5.41, 5.74) is 2.50. The van der Waals surface area contributed by atoms with Crippen LogP contribution in [0.2, 0.25) is 0 Å². The van der Waals surface area contributed by atoms with Crippen molar-refractivity contribution in [1.82, 2.24) is 14.6 Å². The van der Waals surface area contributed by atoms with Crippen molar-refractivity contribution in [3.8, 4) is 0 Å². The third kappa shape index (κ3) is 2.71. The fraction of sp³-hybridized carbons (Fsp3) is 0.571. The van der Waals surface area contributed by atoms with Crippen LogP contribution in [0.1, 0.15) is 24.8 Å². The van der Waals surface area contributed by atoms with Crippen molar-refractivity contribution in [1.29, 1.82) is 0 Å². The van der Waals surface area contributed by atoms with Gasteiger partial charge in [-0.3, -0.25) is 0 Å². The number of aryl methyl sites for hydroxylation is 1. The van der Waals surface area contributed by atoms with Gasteiger partial charge in [0.2, 0.25) is 5.95 Å². The Morgan fingerprint density at radius 3 is 3.05 bits per heavy atom. The van der Waals surface area contributed by atoms with E-state index in [-0.39, 0.29) is 0 Å². The fourth-order valence-corrected chi connectivity index (χ4v) is 2.34. The minimum atomic E-state index is 0.406. The quantitative estimate of drug-likeness (QED) is 0.865. The number of pyridine rings is 1. The summed E-state index contributed by atoms with van der Waals surface area (Å²) < 4.78 is 6.98. The standard InChI is InChI=1S/C14H20N4O/c1-11-3-7-18-12(9-11)16-13(17-18)15-10-14(4-5-14)6-8-19-2/h3,7,9H,4-6,8,10H2,1-2H3,(H,15,17). The fourth-order valence-electron chi connectivity index (χ4n) is 2.34. The predicted molar refractivity (Wildman–Crippen MR) is 74.4 cm³/mol. The molecule has 1 N–H and O–H groups in total. The summed E-state index contributed by atoms with van der Waals surface area (Å²) in [5.74, 6) is 0.717. The molecule has 0 amide bonds. The normalized spacial score (nSPS) is 16.7. The van der Waals surface area contributed by atoms with Crippen LogP contribution in [0, 0.1) is 12.3 Å². The third-order valence-electron chi connectivity index (χ3n) is 3.91. The highest BCUT2D eigenvalue weighted by atomic mass is 16.5. The molecule has 1 saturated carbocycles. The Balaban J connectivity index is 1.65. The largest absolute Gasteiger partial charge is 0.385 e. The molecule has 0 atom stereocenters. The van der Waals surface area contributed by atoms with Crippen LogP contribution < -0.4 is 5.32 Å². The molecule has 0 spiro atoms. The van der Waals surface area contributed by atoms with Crippen molar-refractivity contribution in [2.75, 3.05) is 25.6 Å². The lowest BCUT2D eigenvalue weighted by atomic mass is 10.0. The Kier molecular flexibility index (Phi) is 3.14. The van der Waals surface area contributed by atoms with Crippen molar-refractivity contribution in [3.05, 3.63) is 23.9 Å². The first-order valence-electron chi connectivity index (χ1n) is 6.77. The lowest BCUT2D eigenvalue weighted by Gasteiger charge is -2.14. The minimum absolute atomic E-state index is 0.406. The highest BCUT2D eigenvalue weighted by molar-refractivity contribution is 5.45. The van der Waals surface area contributed by atoms with Crippen molar-refractivity contribution < 1.29 is 4.74 Å². The van der Waals surface area contributed by atoms with E-state index in [4.69, 9.17) is 4.74 Å². The predicted octanol–water partition coefficient (Wildman–Crippen LogP) is 2.27. The number of methoxy groups -OCH3 is 1. The number of hydrogen-bond donors (Lipinski definition) is 1. The summed E-state index contributed by atoms with van der Waals surface area (Å²) in [6.45, 7) is 3.83. The smallest absolute Gasteiger partial charge is 0.243 e. The Morgan fingerprint density at radius 2 is 2.32 bits per heavy atom. The molecule has 0 aliphatic heterocycles. The van der Waals surface area contributed by atoms with Crippen LogP contribution in [0.15, 0.2) is 18.3 Å². The van der Waals surface area contributed by atoms with E-state index in [0.717, 1.165) is 25.2 Å². The van der Waals surface area contributed by atoms with Crippen molar-refractivity contribution in [3.63, 3.8) is 0 Å². The molecule has 0 radical (unpaired) electrons. The molecular formula is C14H20N4O. The number of fused-ring (bicyclic) bond motifs is 1. The van der Waals surface area contributed by atoms with Gasteiger partial charge in [0.1, 0.15) is 0 Å². The first kappa shape index (κ1) is 12.4. The number of nitrogens with one attached hydrogen (secondary N) is 1. The van der Waals surface area contributed by atoms with Crippen LogP contribution in [0.4, 0.5) is 5.95 Å². The van der Waals surface area contributed by atoms with E-state index in [9.17, 15) is 0 Å². The summed E-state index contributed by atoms with van der Waals surface area (Å²) >= 11 is 0. The van der Waals surface area contributed by atoms with Gasteiger partial charge in [0, 0.05) is 26.5 Å². The van der Waals surface area contributed by atoms with Gasteiger partial charge in [0.15, 0.2) is 5.65 Å². The average molecular weight is 260 g/mol. The van der Waals surface area contributed by atoms with E-state index >= 15 is 0 Å². The molecule has 19 heavy (non-hydrogen) atoms. The Labute approximate surface area is 113 Å². The van der Waals surface area contributed by atoms with E-state index in [0.29, 0.717) is 11.4 Å². The Hall–Kier alpha value is -1.62. The second-order valence-corrected chi connectivity index (χ2v) is 5.54. The Bertz CT molecular complexity index is 574. The molecule has 2 aromatic heterocycles. The molecule has 0 bridgehead atoms. The van der Waals surface area contributed by atoms with Gasteiger partial charge in [-0.25, -0.2) is 4.52 Å². The van der Waals surface area contributed by atoms with Gasteiger partial charge in [-0.05, 0) is 49.3 Å². The second-order valence-electron chi connectivity index (χ2n) is 5.54.